The Kier molecular flexibility index (Phi) is 17.2. The third kappa shape index (κ3) is 24.1. The van der Waals surface area contributed by atoms with Crippen molar-refractivity contribution >= 4 is 0 Å². The quantitative estimate of drug-likeness (QED) is 0.471. The lowest BCUT2D eigenvalue weighted by Gasteiger charge is -1.83. The lowest BCUT2D eigenvalue weighted by atomic mass is 10.2. The smallest absolute Gasteiger partial charge is 0.0905 e. The van der Waals surface area contributed by atoms with E-state index in [0.29, 0.717) is 12.8 Å². The maximum absolute atomic E-state index is 8.03. The van der Waals surface area contributed by atoms with E-state index in [1.807, 2.05) is 12.1 Å². The SMILES string of the molecule is C=CC#N.N#CCCCCC#N. The highest BCUT2D eigenvalue weighted by Gasteiger charge is 1.83. The van der Waals surface area contributed by atoms with Gasteiger partial charge in [0.15, 0.2) is 0 Å². The van der Waals surface area contributed by atoms with Gasteiger partial charge in [-0.15, -0.1) is 0 Å². The molecule has 12 heavy (non-hydrogen) atoms. The van der Waals surface area contributed by atoms with E-state index in [-0.39, 0.29) is 0 Å². The maximum atomic E-state index is 8.03. The van der Waals surface area contributed by atoms with Crippen molar-refractivity contribution in [2.45, 2.75) is 25.7 Å². The topological polar surface area (TPSA) is 71.4 Å². The Hall–Kier alpha value is -1.79. The molecule has 0 atom stereocenters. The standard InChI is InChI=1S/C6H8N2.C3H3N/c7-5-3-1-2-4-6-8;1-2-3-4/h1-4H2;2H,1H2. The van der Waals surface area contributed by atoms with Gasteiger partial charge >= 0.3 is 0 Å². The zero-order valence-corrected chi connectivity index (χ0v) is 6.95. The van der Waals surface area contributed by atoms with Crippen molar-refractivity contribution < 1.29 is 0 Å². The van der Waals surface area contributed by atoms with Gasteiger partial charge in [-0.1, -0.05) is 6.58 Å². The summed E-state index contributed by atoms with van der Waals surface area (Å²) in [5.74, 6) is 0. The van der Waals surface area contributed by atoms with Gasteiger partial charge < -0.3 is 0 Å². The monoisotopic (exact) mass is 161 g/mol. The molecule has 0 N–H and O–H groups in total. The molecule has 0 saturated carbocycles. The van der Waals surface area contributed by atoms with Gasteiger partial charge in [-0.25, -0.2) is 0 Å². The molecule has 0 rings (SSSR count). The van der Waals surface area contributed by atoms with Crippen molar-refractivity contribution in [2.24, 2.45) is 0 Å². The molecule has 0 radical (unpaired) electrons. The molecule has 0 aromatic carbocycles. The second-order valence-corrected chi connectivity index (χ2v) is 1.86. The molecule has 3 nitrogen and oxygen atoms in total. The zero-order valence-electron chi connectivity index (χ0n) is 6.95. The summed E-state index contributed by atoms with van der Waals surface area (Å²) in [5, 5.41) is 23.6. The molecular weight excluding hydrogens is 150 g/mol. The third-order valence-corrected chi connectivity index (χ3v) is 0.918. The largest absolute Gasteiger partial charge is 0.198 e. The van der Waals surface area contributed by atoms with Crippen LogP contribution in [0.15, 0.2) is 12.7 Å². The number of hydrogen-bond donors (Lipinski definition) is 0. The number of nitriles is 3. The van der Waals surface area contributed by atoms with E-state index < -0.39 is 0 Å². The molecule has 0 aromatic heterocycles. The maximum Gasteiger partial charge on any atom is 0.0905 e. The summed E-state index contributed by atoms with van der Waals surface area (Å²) in [7, 11) is 0. The molecule has 0 aliphatic carbocycles. The summed E-state index contributed by atoms with van der Waals surface area (Å²) in [6, 6.07) is 5.73. The molecule has 0 aliphatic heterocycles. The fourth-order valence-corrected chi connectivity index (χ4v) is 0.408. The highest BCUT2D eigenvalue weighted by Crippen LogP contribution is 1.95. The van der Waals surface area contributed by atoms with Crippen molar-refractivity contribution in [1.29, 1.82) is 15.8 Å². The van der Waals surface area contributed by atoms with Gasteiger partial charge in [0, 0.05) is 18.9 Å². The molecule has 0 saturated heterocycles. The molecule has 3 heteroatoms. The molecule has 0 fully saturated rings. The minimum absolute atomic E-state index is 0.585. The van der Waals surface area contributed by atoms with Gasteiger partial charge in [-0.05, 0) is 12.8 Å². The first kappa shape index (κ1) is 12.8. The van der Waals surface area contributed by atoms with E-state index in [1.54, 1.807) is 6.07 Å². The van der Waals surface area contributed by atoms with Gasteiger partial charge in [0.05, 0.1) is 18.2 Å². The third-order valence-electron chi connectivity index (χ3n) is 0.918. The molecule has 0 spiro atoms. The Balaban J connectivity index is 0. The predicted molar refractivity (Wildman–Crippen MR) is 45.5 cm³/mol. The minimum atomic E-state index is 0.585. The van der Waals surface area contributed by atoms with E-state index in [0.717, 1.165) is 12.8 Å². The number of hydrogen-bond acceptors (Lipinski definition) is 3. The summed E-state index contributed by atoms with van der Waals surface area (Å²) >= 11 is 0. The summed E-state index contributed by atoms with van der Waals surface area (Å²) in [6.45, 7) is 3.12. The first-order valence-electron chi connectivity index (χ1n) is 3.57. The Morgan fingerprint density at radius 1 is 1.00 bits per heavy atom. The fourth-order valence-electron chi connectivity index (χ4n) is 0.408. The van der Waals surface area contributed by atoms with E-state index in [4.69, 9.17) is 15.8 Å². The zero-order chi connectivity index (χ0) is 9.66. The summed E-state index contributed by atoms with van der Waals surface area (Å²) in [5.41, 5.74) is 0. The molecule has 0 aliphatic rings. The molecule has 62 valence electrons. The van der Waals surface area contributed by atoms with Crippen LogP contribution in [0.4, 0.5) is 0 Å². The normalized spacial score (nSPS) is 6.08. The van der Waals surface area contributed by atoms with Gasteiger partial charge in [-0.3, -0.25) is 0 Å². The highest BCUT2D eigenvalue weighted by molar-refractivity contribution is 4.93. The molecule has 0 unspecified atom stereocenters. The van der Waals surface area contributed by atoms with Crippen molar-refractivity contribution in [3.63, 3.8) is 0 Å². The molecule has 0 amide bonds. The van der Waals surface area contributed by atoms with E-state index in [2.05, 4.69) is 6.58 Å². The van der Waals surface area contributed by atoms with Crippen molar-refractivity contribution in [3.8, 4) is 18.2 Å². The predicted octanol–water partition coefficient (Wildman–Crippen LogP) is 2.29. The summed E-state index contributed by atoms with van der Waals surface area (Å²) in [4.78, 5) is 0. The van der Waals surface area contributed by atoms with Crippen LogP contribution >= 0.6 is 0 Å². The number of allylic oxidation sites excluding steroid dienone is 1. The number of nitrogens with zero attached hydrogens (tertiary/aromatic N) is 3. The molecule has 0 heterocycles. The van der Waals surface area contributed by atoms with Crippen LogP contribution in [0.2, 0.25) is 0 Å². The Morgan fingerprint density at radius 3 is 1.50 bits per heavy atom. The van der Waals surface area contributed by atoms with Crippen LogP contribution in [0.5, 0.6) is 0 Å². The van der Waals surface area contributed by atoms with Gasteiger partial charge in [0.25, 0.3) is 0 Å². The number of unbranched alkanes of at least 4 members (excludes halogenated alkanes) is 3. The second kappa shape index (κ2) is 16.1. The van der Waals surface area contributed by atoms with Crippen molar-refractivity contribution in [2.75, 3.05) is 0 Å². The van der Waals surface area contributed by atoms with E-state index >= 15 is 0 Å². The van der Waals surface area contributed by atoms with Gasteiger partial charge in [0.2, 0.25) is 0 Å². The minimum Gasteiger partial charge on any atom is -0.198 e. The second-order valence-electron chi connectivity index (χ2n) is 1.86. The van der Waals surface area contributed by atoms with Crippen molar-refractivity contribution in [3.05, 3.63) is 12.7 Å². The first-order chi connectivity index (χ1) is 5.83. The van der Waals surface area contributed by atoms with Crippen LogP contribution in [0.25, 0.3) is 0 Å². The Bertz CT molecular complexity index is 195. The average molecular weight is 161 g/mol. The fraction of sp³-hybridized carbons (Fsp3) is 0.444. The van der Waals surface area contributed by atoms with Crippen LogP contribution in [-0.4, -0.2) is 0 Å². The summed E-state index contributed by atoms with van der Waals surface area (Å²) in [6.07, 6.45) is 4.08. The van der Waals surface area contributed by atoms with Crippen LogP contribution in [-0.2, 0) is 0 Å². The molecule has 0 bridgehead atoms. The molecular formula is C9H11N3. The number of rotatable bonds is 3. The first-order valence-corrected chi connectivity index (χ1v) is 3.57. The Morgan fingerprint density at radius 2 is 1.33 bits per heavy atom. The van der Waals surface area contributed by atoms with Gasteiger partial charge in [0.1, 0.15) is 0 Å². The van der Waals surface area contributed by atoms with Gasteiger partial charge in [-0.2, -0.15) is 15.8 Å². The van der Waals surface area contributed by atoms with Crippen LogP contribution in [0.1, 0.15) is 25.7 Å². The summed E-state index contributed by atoms with van der Waals surface area (Å²) < 4.78 is 0. The molecule has 0 aromatic rings. The van der Waals surface area contributed by atoms with E-state index in [1.165, 1.54) is 6.08 Å². The Labute approximate surface area is 73.2 Å². The van der Waals surface area contributed by atoms with Crippen molar-refractivity contribution in [1.82, 2.24) is 0 Å². The highest BCUT2D eigenvalue weighted by atomic mass is 14.2. The lowest BCUT2D eigenvalue weighted by molar-refractivity contribution is 0.773. The average Bonchev–Trinajstić information content (AvgIpc) is 2.13. The van der Waals surface area contributed by atoms with Crippen LogP contribution in [0, 0.1) is 34.0 Å². The van der Waals surface area contributed by atoms with Crippen LogP contribution < -0.4 is 0 Å². The van der Waals surface area contributed by atoms with Crippen LogP contribution in [0.3, 0.4) is 0 Å². The lowest BCUT2D eigenvalue weighted by Crippen LogP contribution is -1.70. The van der Waals surface area contributed by atoms with E-state index in [9.17, 15) is 0 Å².